The number of para-hydroxylation sites is 2. The van der Waals surface area contributed by atoms with Gasteiger partial charge >= 0.3 is 14.7 Å². The van der Waals surface area contributed by atoms with Gasteiger partial charge in [0.15, 0.2) is 0 Å². The summed E-state index contributed by atoms with van der Waals surface area (Å²) in [6.45, 7) is 0. The van der Waals surface area contributed by atoms with Crippen molar-refractivity contribution in [3.8, 4) is 33.8 Å². The molecule has 0 saturated heterocycles. The van der Waals surface area contributed by atoms with E-state index < -0.39 is 25.8 Å². The average molecular weight is 516 g/mol. The second kappa shape index (κ2) is 7.92. The van der Waals surface area contributed by atoms with Crippen molar-refractivity contribution in [1.29, 1.82) is 0 Å². The Hall–Kier alpha value is -3.67. The lowest BCUT2D eigenvalue weighted by Crippen LogP contribution is -2.53. The summed E-state index contributed by atoms with van der Waals surface area (Å²) in [5, 5.41) is 0.660. The van der Waals surface area contributed by atoms with Crippen molar-refractivity contribution in [3.63, 3.8) is 0 Å². The zero-order chi connectivity index (χ0) is 25.1. The summed E-state index contributed by atoms with van der Waals surface area (Å²) in [5.41, 5.74) is 19.3. The van der Waals surface area contributed by atoms with E-state index in [2.05, 4.69) is 4.99 Å². The SMILES string of the molecule is N/C(=N\C(N)(N)P1(=O)Oc2ccccc2-c2ccccc21)P1(=O)Oc2ccccc2-c2ccccc21. The Kier molecular flexibility index (Phi) is 5.01. The van der Waals surface area contributed by atoms with E-state index in [1.165, 1.54) is 0 Å². The van der Waals surface area contributed by atoms with Gasteiger partial charge in [0.1, 0.15) is 11.5 Å². The van der Waals surface area contributed by atoms with Crippen LogP contribution in [0.25, 0.3) is 22.3 Å². The molecule has 2 heterocycles. The van der Waals surface area contributed by atoms with Crippen molar-refractivity contribution >= 4 is 30.9 Å². The van der Waals surface area contributed by atoms with Gasteiger partial charge in [0, 0.05) is 11.1 Å². The summed E-state index contributed by atoms with van der Waals surface area (Å²) in [6, 6.07) is 28.4. The standard InChI is InChI=1S/C26H22N4O4P2/c27-25(35(31)23-15-7-3-11-19(23)17-9-1-5-13-21(17)33-35)30-26(28,29)36(32)24-16-8-4-12-20(24)18-10-2-6-14-22(18)34-36/h1-16H,28-29H2,(H2,27,30). The molecule has 10 heteroatoms. The summed E-state index contributed by atoms with van der Waals surface area (Å²) in [6.07, 6.45) is 0. The number of nitrogens with zero attached hydrogens (tertiary/aromatic N) is 1. The molecule has 0 radical (unpaired) electrons. The van der Waals surface area contributed by atoms with Crippen LogP contribution in [0.4, 0.5) is 0 Å². The summed E-state index contributed by atoms with van der Waals surface area (Å²) < 4.78 is 40.7. The van der Waals surface area contributed by atoms with Crippen molar-refractivity contribution in [2.24, 2.45) is 22.2 Å². The number of benzene rings is 4. The van der Waals surface area contributed by atoms with E-state index >= 15 is 0 Å². The molecule has 2 aliphatic rings. The molecule has 0 fully saturated rings. The van der Waals surface area contributed by atoms with Crippen LogP contribution < -0.4 is 36.9 Å². The topological polar surface area (TPSA) is 143 Å². The van der Waals surface area contributed by atoms with Crippen molar-refractivity contribution in [2.45, 2.75) is 5.53 Å². The fourth-order valence-corrected chi connectivity index (χ4v) is 8.73. The molecule has 0 amide bonds. The highest BCUT2D eigenvalue weighted by Crippen LogP contribution is 2.61. The van der Waals surface area contributed by atoms with E-state index in [9.17, 15) is 9.13 Å². The van der Waals surface area contributed by atoms with E-state index in [1.54, 1.807) is 48.5 Å². The van der Waals surface area contributed by atoms with Crippen molar-refractivity contribution in [2.75, 3.05) is 0 Å². The lowest BCUT2D eigenvalue weighted by molar-refractivity contribution is 0.443. The molecular weight excluding hydrogens is 494 g/mol. The number of hydrogen-bond donors (Lipinski definition) is 3. The maximum atomic E-state index is 14.4. The summed E-state index contributed by atoms with van der Waals surface area (Å²) in [5.74, 6) is 0.741. The Morgan fingerprint density at radius 1 is 0.639 bits per heavy atom. The summed E-state index contributed by atoms with van der Waals surface area (Å²) in [4.78, 5) is 4.22. The third-order valence-corrected chi connectivity index (χ3v) is 11.0. The Balaban J connectivity index is 1.50. The first-order valence-corrected chi connectivity index (χ1v) is 14.4. The van der Waals surface area contributed by atoms with Crippen LogP contribution >= 0.6 is 14.7 Å². The van der Waals surface area contributed by atoms with Gasteiger partial charge in [0.25, 0.3) is 5.53 Å². The molecule has 0 saturated carbocycles. The van der Waals surface area contributed by atoms with Gasteiger partial charge in [-0.15, -0.1) is 0 Å². The highest BCUT2D eigenvalue weighted by Gasteiger charge is 2.52. The Bertz CT molecular complexity index is 1670. The molecule has 0 aliphatic carbocycles. The first-order valence-electron chi connectivity index (χ1n) is 11.2. The van der Waals surface area contributed by atoms with Crippen LogP contribution in [-0.4, -0.2) is 11.1 Å². The molecule has 2 unspecified atom stereocenters. The van der Waals surface area contributed by atoms with E-state index in [0.29, 0.717) is 33.2 Å². The van der Waals surface area contributed by atoms with Crippen LogP contribution in [0.15, 0.2) is 102 Å². The second-order valence-corrected chi connectivity index (χ2v) is 13.3. The molecule has 4 aromatic rings. The quantitative estimate of drug-likeness (QED) is 0.161. The average Bonchev–Trinajstić information content (AvgIpc) is 2.89. The van der Waals surface area contributed by atoms with Gasteiger partial charge in [-0.2, -0.15) is 0 Å². The van der Waals surface area contributed by atoms with E-state index in [1.807, 2.05) is 48.5 Å². The molecule has 36 heavy (non-hydrogen) atoms. The number of rotatable bonds is 3. The molecule has 180 valence electrons. The normalized spacial score (nSPS) is 22.2. The Labute approximate surface area is 207 Å². The molecular formula is C26H22N4O4P2. The largest absolute Gasteiger partial charge is 0.436 e. The fourth-order valence-electron chi connectivity index (χ4n) is 4.58. The molecule has 0 bridgehead atoms. The smallest absolute Gasteiger partial charge is 0.341 e. The zero-order valence-corrected chi connectivity index (χ0v) is 20.7. The second-order valence-electron chi connectivity index (χ2n) is 8.57. The Morgan fingerprint density at radius 2 is 1.08 bits per heavy atom. The minimum Gasteiger partial charge on any atom is -0.436 e. The molecule has 6 rings (SSSR count). The number of fused-ring (bicyclic) bond motifs is 6. The molecule has 2 aliphatic heterocycles. The predicted molar refractivity (Wildman–Crippen MR) is 142 cm³/mol. The Morgan fingerprint density at radius 3 is 1.69 bits per heavy atom. The van der Waals surface area contributed by atoms with Crippen LogP contribution in [0.2, 0.25) is 0 Å². The zero-order valence-electron chi connectivity index (χ0n) is 18.9. The number of nitrogens with two attached hydrogens (primary N) is 3. The molecule has 4 aromatic carbocycles. The fraction of sp³-hybridized carbons (Fsp3) is 0.0385. The van der Waals surface area contributed by atoms with Gasteiger partial charge in [0.2, 0.25) is 5.58 Å². The first-order chi connectivity index (χ1) is 17.2. The lowest BCUT2D eigenvalue weighted by atomic mass is 10.0. The van der Waals surface area contributed by atoms with Crippen LogP contribution in [0, 0.1) is 0 Å². The molecule has 6 N–H and O–H groups in total. The van der Waals surface area contributed by atoms with Gasteiger partial charge in [-0.05, 0) is 35.4 Å². The van der Waals surface area contributed by atoms with Crippen molar-refractivity contribution in [1.82, 2.24) is 0 Å². The van der Waals surface area contributed by atoms with Crippen LogP contribution in [0.5, 0.6) is 11.5 Å². The number of amidine groups is 1. The molecule has 0 spiro atoms. The van der Waals surface area contributed by atoms with Crippen molar-refractivity contribution in [3.05, 3.63) is 97.1 Å². The highest BCUT2D eigenvalue weighted by atomic mass is 31.2. The maximum absolute atomic E-state index is 14.4. The summed E-state index contributed by atoms with van der Waals surface area (Å²) in [7, 11) is -8.08. The first kappa shape index (κ1) is 22.8. The minimum absolute atomic E-state index is 0.304. The maximum Gasteiger partial charge on any atom is 0.341 e. The summed E-state index contributed by atoms with van der Waals surface area (Å²) >= 11 is 0. The van der Waals surface area contributed by atoms with E-state index in [-0.39, 0.29) is 0 Å². The van der Waals surface area contributed by atoms with Gasteiger partial charge < -0.3 is 14.8 Å². The van der Waals surface area contributed by atoms with E-state index in [4.69, 9.17) is 26.2 Å². The lowest BCUT2D eigenvalue weighted by Gasteiger charge is -2.36. The highest BCUT2D eigenvalue weighted by molar-refractivity contribution is 7.83. The van der Waals surface area contributed by atoms with E-state index in [0.717, 1.165) is 11.1 Å². The number of hydrogen-bond acceptors (Lipinski definition) is 7. The van der Waals surface area contributed by atoms with Crippen LogP contribution in [0.3, 0.4) is 0 Å². The minimum atomic E-state index is -4.11. The van der Waals surface area contributed by atoms with Gasteiger partial charge in [-0.1, -0.05) is 72.8 Å². The predicted octanol–water partition coefficient (Wildman–Crippen LogP) is 4.16. The van der Waals surface area contributed by atoms with Crippen LogP contribution in [-0.2, 0) is 9.13 Å². The molecule has 2 atom stereocenters. The van der Waals surface area contributed by atoms with Crippen LogP contribution in [0.1, 0.15) is 0 Å². The van der Waals surface area contributed by atoms with Gasteiger partial charge in [-0.3, -0.25) is 20.6 Å². The van der Waals surface area contributed by atoms with Gasteiger partial charge in [0.05, 0.1) is 10.6 Å². The third-order valence-electron chi connectivity index (χ3n) is 6.32. The van der Waals surface area contributed by atoms with Gasteiger partial charge in [-0.25, -0.2) is 4.99 Å². The molecule has 8 nitrogen and oxygen atoms in total. The number of aliphatic imine (C=N–C) groups is 1. The molecule has 0 aromatic heterocycles. The monoisotopic (exact) mass is 516 g/mol. The van der Waals surface area contributed by atoms with Crippen molar-refractivity contribution < 1.29 is 18.2 Å². The third kappa shape index (κ3) is 3.20.